The van der Waals surface area contributed by atoms with E-state index in [9.17, 15) is 9.59 Å². The quantitative estimate of drug-likeness (QED) is 0.659. The number of hydrogen-bond acceptors (Lipinski definition) is 4. The van der Waals surface area contributed by atoms with Crippen LogP contribution in [0, 0.1) is 0 Å². The molecule has 2 aromatic carbocycles. The van der Waals surface area contributed by atoms with Gasteiger partial charge in [-0.1, -0.05) is 48.5 Å². The van der Waals surface area contributed by atoms with Crippen LogP contribution in [0.1, 0.15) is 36.5 Å². The minimum absolute atomic E-state index is 0.0216. The highest BCUT2D eigenvalue weighted by Crippen LogP contribution is 2.33. The molecule has 3 rings (SSSR count). The monoisotopic (exact) mass is 407 g/mol. The smallest absolute Gasteiger partial charge is 0.229 e. The molecule has 0 radical (unpaired) electrons. The molecular weight excluding hydrogens is 378 g/mol. The number of ether oxygens (including phenoxy) is 1. The fraction of sp³-hybridized carbons (Fsp3) is 0.333. The molecule has 1 heterocycles. The number of nitrogens with one attached hydrogen (secondary N) is 1. The van der Waals surface area contributed by atoms with Crippen LogP contribution in [-0.4, -0.2) is 38.1 Å². The lowest BCUT2D eigenvalue weighted by atomic mass is 9.96. The fourth-order valence-electron chi connectivity index (χ4n) is 3.53. The number of benzene rings is 2. The summed E-state index contributed by atoms with van der Waals surface area (Å²) in [5, 5.41) is 2.80. The standard InChI is InChI=1S/C24H29N3O3/c1-18-16-19-6-2-3-7-20(19)17-27(22-9-5-4-8-21(18)22)24(29)10-13-26-23(28)11-14-30-15-12-25/h2-9,16H,10-15,17,25H2,1H3,(H,26,28)/b18-16-. The van der Waals surface area contributed by atoms with Crippen LogP contribution in [0.5, 0.6) is 0 Å². The lowest BCUT2D eigenvalue weighted by molar-refractivity contribution is -0.122. The summed E-state index contributed by atoms with van der Waals surface area (Å²) in [6, 6.07) is 16.1. The number of nitrogens with zero attached hydrogens (tertiary/aromatic N) is 1. The Kier molecular flexibility index (Phi) is 7.76. The summed E-state index contributed by atoms with van der Waals surface area (Å²) in [7, 11) is 0. The summed E-state index contributed by atoms with van der Waals surface area (Å²) >= 11 is 0. The largest absolute Gasteiger partial charge is 0.380 e. The van der Waals surface area contributed by atoms with E-state index in [0.29, 0.717) is 32.8 Å². The van der Waals surface area contributed by atoms with Crippen LogP contribution in [0.3, 0.4) is 0 Å². The molecule has 6 heteroatoms. The van der Waals surface area contributed by atoms with E-state index in [0.717, 1.165) is 28.0 Å². The van der Waals surface area contributed by atoms with Gasteiger partial charge in [-0.05, 0) is 29.7 Å². The van der Waals surface area contributed by atoms with Gasteiger partial charge in [0.15, 0.2) is 0 Å². The molecule has 2 amide bonds. The molecule has 0 aromatic heterocycles. The van der Waals surface area contributed by atoms with Crippen molar-refractivity contribution in [2.75, 3.05) is 31.2 Å². The van der Waals surface area contributed by atoms with Crippen LogP contribution >= 0.6 is 0 Å². The Morgan fingerprint density at radius 1 is 1.07 bits per heavy atom. The van der Waals surface area contributed by atoms with Gasteiger partial charge in [0.1, 0.15) is 0 Å². The van der Waals surface area contributed by atoms with E-state index in [2.05, 4.69) is 30.4 Å². The second kappa shape index (κ2) is 10.7. The number of hydrogen-bond donors (Lipinski definition) is 2. The van der Waals surface area contributed by atoms with Crippen molar-refractivity contribution in [1.82, 2.24) is 5.32 Å². The van der Waals surface area contributed by atoms with Gasteiger partial charge in [-0.3, -0.25) is 9.59 Å². The zero-order chi connectivity index (χ0) is 21.3. The molecule has 0 bridgehead atoms. The average molecular weight is 408 g/mol. The molecular formula is C24H29N3O3. The number of amides is 2. The Morgan fingerprint density at radius 3 is 2.67 bits per heavy atom. The lowest BCUT2D eigenvalue weighted by Crippen LogP contribution is -2.35. The molecule has 30 heavy (non-hydrogen) atoms. The van der Waals surface area contributed by atoms with Crippen LogP contribution in [0.25, 0.3) is 11.6 Å². The molecule has 1 aliphatic rings. The fourth-order valence-corrected chi connectivity index (χ4v) is 3.53. The zero-order valence-electron chi connectivity index (χ0n) is 17.4. The van der Waals surface area contributed by atoms with Crippen LogP contribution in [0.4, 0.5) is 5.69 Å². The second-order valence-electron chi connectivity index (χ2n) is 7.27. The molecule has 6 nitrogen and oxygen atoms in total. The summed E-state index contributed by atoms with van der Waals surface area (Å²) in [5.41, 5.74) is 10.6. The van der Waals surface area contributed by atoms with E-state index in [4.69, 9.17) is 10.5 Å². The van der Waals surface area contributed by atoms with E-state index in [1.54, 1.807) is 0 Å². The molecule has 1 aliphatic heterocycles. The first-order valence-electron chi connectivity index (χ1n) is 10.3. The first-order chi connectivity index (χ1) is 14.6. The lowest BCUT2D eigenvalue weighted by Gasteiger charge is -2.28. The third-order valence-corrected chi connectivity index (χ3v) is 5.07. The van der Waals surface area contributed by atoms with Crippen molar-refractivity contribution >= 4 is 29.2 Å². The third-order valence-electron chi connectivity index (χ3n) is 5.07. The summed E-state index contributed by atoms with van der Waals surface area (Å²) in [6.07, 6.45) is 2.66. The van der Waals surface area contributed by atoms with Crippen molar-refractivity contribution < 1.29 is 14.3 Å². The Bertz CT molecular complexity index is 923. The van der Waals surface area contributed by atoms with Gasteiger partial charge in [0.25, 0.3) is 0 Å². The second-order valence-corrected chi connectivity index (χ2v) is 7.27. The van der Waals surface area contributed by atoms with Crippen molar-refractivity contribution in [3.63, 3.8) is 0 Å². The predicted molar refractivity (Wildman–Crippen MR) is 120 cm³/mol. The summed E-state index contributed by atoms with van der Waals surface area (Å²) < 4.78 is 5.22. The van der Waals surface area contributed by atoms with Crippen molar-refractivity contribution in [1.29, 1.82) is 0 Å². The molecule has 0 saturated carbocycles. The van der Waals surface area contributed by atoms with E-state index in [1.807, 2.05) is 41.3 Å². The number of anilines is 1. The number of carbonyl (C=O) groups is 2. The molecule has 0 spiro atoms. The highest BCUT2D eigenvalue weighted by atomic mass is 16.5. The maximum atomic E-state index is 13.1. The molecule has 0 fully saturated rings. The van der Waals surface area contributed by atoms with E-state index >= 15 is 0 Å². The number of nitrogens with two attached hydrogens (primary N) is 1. The maximum Gasteiger partial charge on any atom is 0.229 e. The molecule has 3 N–H and O–H groups in total. The van der Waals surface area contributed by atoms with Crippen molar-refractivity contribution in [3.8, 4) is 0 Å². The van der Waals surface area contributed by atoms with E-state index in [1.165, 1.54) is 0 Å². The average Bonchev–Trinajstić information content (AvgIpc) is 2.75. The number of rotatable bonds is 8. The van der Waals surface area contributed by atoms with Crippen LogP contribution < -0.4 is 16.0 Å². The normalized spacial score (nSPS) is 14.6. The van der Waals surface area contributed by atoms with Gasteiger partial charge in [0.05, 0.1) is 25.4 Å². The van der Waals surface area contributed by atoms with E-state index in [-0.39, 0.29) is 24.7 Å². The van der Waals surface area contributed by atoms with E-state index < -0.39 is 0 Å². The summed E-state index contributed by atoms with van der Waals surface area (Å²) in [6.45, 7) is 4.07. The Labute approximate surface area is 177 Å². The highest BCUT2D eigenvalue weighted by Gasteiger charge is 2.22. The first-order valence-corrected chi connectivity index (χ1v) is 10.3. The van der Waals surface area contributed by atoms with Crippen LogP contribution in [-0.2, 0) is 20.9 Å². The van der Waals surface area contributed by atoms with Gasteiger partial charge in [-0.15, -0.1) is 0 Å². The van der Waals surface area contributed by atoms with Gasteiger partial charge in [0.2, 0.25) is 11.8 Å². The highest BCUT2D eigenvalue weighted by molar-refractivity contribution is 5.99. The van der Waals surface area contributed by atoms with Gasteiger partial charge in [-0.2, -0.15) is 0 Å². The topological polar surface area (TPSA) is 84.7 Å². The zero-order valence-corrected chi connectivity index (χ0v) is 17.4. The van der Waals surface area contributed by atoms with Gasteiger partial charge < -0.3 is 20.7 Å². The third kappa shape index (κ3) is 5.55. The Hall–Kier alpha value is -2.96. The number of para-hydroxylation sites is 1. The molecule has 0 aliphatic carbocycles. The SMILES string of the molecule is C/C1=C/c2ccccc2CN(C(=O)CCNC(=O)CCOCCN)c2ccccc21. The number of carbonyl (C=O) groups excluding carboxylic acids is 2. The van der Waals surface area contributed by atoms with Gasteiger partial charge >= 0.3 is 0 Å². The molecule has 0 atom stereocenters. The predicted octanol–water partition coefficient (Wildman–Crippen LogP) is 2.97. The molecule has 0 unspecified atom stereocenters. The van der Waals surface area contributed by atoms with Gasteiger partial charge in [0, 0.05) is 31.5 Å². The molecule has 158 valence electrons. The van der Waals surface area contributed by atoms with Crippen LogP contribution in [0.2, 0.25) is 0 Å². The minimum Gasteiger partial charge on any atom is -0.380 e. The molecule has 2 aromatic rings. The maximum absolute atomic E-state index is 13.1. The van der Waals surface area contributed by atoms with Gasteiger partial charge in [-0.25, -0.2) is 0 Å². The van der Waals surface area contributed by atoms with Crippen molar-refractivity contribution in [2.45, 2.75) is 26.3 Å². The minimum atomic E-state index is -0.128. The van der Waals surface area contributed by atoms with Crippen LogP contribution in [0.15, 0.2) is 48.5 Å². The number of allylic oxidation sites excluding steroid dienone is 1. The first kappa shape index (κ1) is 21.7. The summed E-state index contributed by atoms with van der Waals surface area (Å²) in [5.74, 6) is -0.149. The Morgan fingerprint density at radius 2 is 1.83 bits per heavy atom. The summed E-state index contributed by atoms with van der Waals surface area (Å²) in [4.78, 5) is 26.9. The van der Waals surface area contributed by atoms with Crippen molar-refractivity contribution in [3.05, 3.63) is 65.2 Å². The van der Waals surface area contributed by atoms with Crippen molar-refractivity contribution in [2.24, 2.45) is 5.73 Å². The Balaban J connectivity index is 1.70. The number of fused-ring (bicyclic) bond motifs is 2. The molecule has 0 saturated heterocycles.